The molecule has 0 aliphatic heterocycles. The Hall–Kier alpha value is -1.45. The van der Waals surface area contributed by atoms with Gasteiger partial charge >= 0.3 is 12.3 Å². The van der Waals surface area contributed by atoms with E-state index in [0.29, 0.717) is 10.9 Å². The molecule has 0 saturated heterocycles. The fraction of sp³-hybridized carbons (Fsp3) is 0.727. The van der Waals surface area contributed by atoms with E-state index in [2.05, 4.69) is 20.3 Å². The second kappa shape index (κ2) is 7.53. The molecule has 120 valence electrons. The van der Waals surface area contributed by atoms with E-state index >= 15 is 0 Å². The largest absolute Gasteiger partial charge is 0.440 e. The van der Waals surface area contributed by atoms with Gasteiger partial charge in [0.15, 0.2) is 11.8 Å². The SMILES string of the molecule is CC(C)c1nnc(SCCNC(=O)OCC(F)(F)F)n1C. The highest BCUT2D eigenvalue weighted by atomic mass is 32.2. The molecule has 1 heterocycles. The number of thioether (sulfide) groups is 1. The Balaban J connectivity index is 2.27. The second-order valence-corrected chi connectivity index (χ2v) is 5.58. The van der Waals surface area contributed by atoms with Gasteiger partial charge in [0.1, 0.15) is 5.82 Å². The number of aromatic nitrogens is 3. The van der Waals surface area contributed by atoms with Crippen LogP contribution in [0.4, 0.5) is 18.0 Å². The molecule has 1 amide bonds. The van der Waals surface area contributed by atoms with Gasteiger partial charge in [-0.3, -0.25) is 0 Å². The van der Waals surface area contributed by atoms with E-state index in [-0.39, 0.29) is 12.5 Å². The Morgan fingerprint density at radius 1 is 1.43 bits per heavy atom. The lowest BCUT2D eigenvalue weighted by Crippen LogP contribution is -2.30. The van der Waals surface area contributed by atoms with Gasteiger partial charge in [-0.1, -0.05) is 25.6 Å². The maximum absolute atomic E-state index is 11.8. The van der Waals surface area contributed by atoms with Crippen LogP contribution in [0.1, 0.15) is 25.6 Å². The van der Waals surface area contributed by atoms with Gasteiger partial charge in [-0.15, -0.1) is 10.2 Å². The molecule has 10 heteroatoms. The Kier molecular flexibility index (Phi) is 6.31. The van der Waals surface area contributed by atoms with Crippen LogP contribution in [0.25, 0.3) is 0 Å². The summed E-state index contributed by atoms with van der Waals surface area (Å²) >= 11 is 1.35. The molecule has 0 spiro atoms. The predicted octanol–water partition coefficient (Wildman–Crippen LogP) is 2.32. The number of halogens is 3. The van der Waals surface area contributed by atoms with Crippen molar-refractivity contribution in [1.29, 1.82) is 0 Å². The third-order valence-corrected chi connectivity index (χ3v) is 3.38. The summed E-state index contributed by atoms with van der Waals surface area (Å²) in [5, 5.41) is 11.0. The summed E-state index contributed by atoms with van der Waals surface area (Å²) in [7, 11) is 1.84. The molecule has 1 aromatic heterocycles. The Morgan fingerprint density at radius 2 is 2.10 bits per heavy atom. The van der Waals surface area contributed by atoms with Gasteiger partial charge in [-0.25, -0.2) is 4.79 Å². The topological polar surface area (TPSA) is 69.0 Å². The Bertz CT molecular complexity index is 477. The summed E-state index contributed by atoms with van der Waals surface area (Å²) in [6.45, 7) is 2.57. The molecule has 0 saturated carbocycles. The molecule has 1 rings (SSSR count). The molecule has 0 bridgehead atoms. The number of alkyl halides is 3. The number of nitrogens with zero attached hydrogens (tertiary/aromatic N) is 3. The number of carbonyl (C=O) groups excluding carboxylic acids is 1. The van der Waals surface area contributed by atoms with E-state index in [1.54, 1.807) is 0 Å². The van der Waals surface area contributed by atoms with Crippen molar-refractivity contribution >= 4 is 17.9 Å². The van der Waals surface area contributed by atoms with Crippen molar-refractivity contribution in [2.75, 3.05) is 18.9 Å². The third kappa shape index (κ3) is 6.23. The molecular weight excluding hydrogens is 309 g/mol. The van der Waals surface area contributed by atoms with Crippen molar-refractivity contribution in [1.82, 2.24) is 20.1 Å². The lowest BCUT2D eigenvalue weighted by Gasteiger charge is -2.09. The van der Waals surface area contributed by atoms with E-state index < -0.39 is 18.9 Å². The summed E-state index contributed by atoms with van der Waals surface area (Å²) in [5.41, 5.74) is 0. The van der Waals surface area contributed by atoms with E-state index in [1.807, 2.05) is 25.5 Å². The molecule has 0 aliphatic carbocycles. The van der Waals surface area contributed by atoms with Crippen molar-refractivity contribution in [2.24, 2.45) is 7.05 Å². The normalized spacial score (nSPS) is 11.8. The monoisotopic (exact) mass is 326 g/mol. The highest BCUT2D eigenvalue weighted by Gasteiger charge is 2.29. The first-order chi connectivity index (χ1) is 9.70. The van der Waals surface area contributed by atoms with Crippen LogP contribution < -0.4 is 5.32 Å². The summed E-state index contributed by atoms with van der Waals surface area (Å²) in [6.07, 6.45) is -5.61. The molecule has 0 aromatic carbocycles. The van der Waals surface area contributed by atoms with Gasteiger partial charge < -0.3 is 14.6 Å². The van der Waals surface area contributed by atoms with Crippen molar-refractivity contribution < 1.29 is 22.7 Å². The molecule has 0 unspecified atom stereocenters. The highest BCUT2D eigenvalue weighted by molar-refractivity contribution is 7.99. The maximum Gasteiger partial charge on any atom is 0.422 e. The number of ether oxygens (including phenoxy) is 1. The summed E-state index contributed by atoms with van der Waals surface area (Å²) in [6, 6.07) is 0. The molecular formula is C11H17F3N4O2S. The number of rotatable bonds is 6. The van der Waals surface area contributed by atoms with Crippen LogP contribution in [0.2, 0.25) is 0 Å². The van der Waals surface area contributed by atoms with Crippen LogP contribution in [-0.4, -0.2) is 45.9 Å². The predicted molar refractivity (Wildman–Crippen MR) is 71.2 cm³/mol. The highest BCUT2D eigenvalue weighted by Crippen LogP contribution is 2.19. The quantitative estimate of drug-likeness (QED) is 0.642. The first kappa shape index (κ1) is 17.6. The standard InChI is InChI=1S/C11H17F3N4O2S/c1-7(2)8-16-17-9(18(8)3)21-5-4-15-10(19)20-6-11(12,13)14/h7H,4-6H2,1-3H3,(H,15,19). The Morgan fingerprint density at radius 3 is 2.62 bits per heavy atom. The molecule has 0 atom stereocenters. The molecule has 6 nitrogen and oxygen atoms in total. The van der Waals surface area contributed by atoms with Crippen molar-refractivity contribution in [3.05, 3.63) is 5.82 Å². The number of alkyl carbamates (subject to hydrolysis) is 1. The van der Waals surface area contributed by atoms with E-state index in [9.17, 15) is 18.0 Å². The van der Waals surface area contributed by atoms with E-state index in [0.717, 1.165) is 5.82 Å². The smallest absolute Gasteiger partial charge is 0.422 e. The minimum absolute atomic E-state index is 0.172. The van der Waals surface area contributed by atoms with Gasteiger partial charge in [0.2, 0.25) is 0 Å². The van der Waals surface area contributed by atoms with Gasteiger partial charge in [0.05, 0.1) is 0 Å². The van der Waals surface area contributed by atoms with Crippen LogP contribution in [-0.2, 0) is 11.8 Å². The van der Waals surface area contributed by atoms with Crippen LogP contribution in [0, 0.1) is 0 Å². The number of hydrogen-bond acceptors (Lipinski definition) is 5. The molecule has 0 radical (unpaired) electrons. The van der Waals surface area contributed by atoms with Crippen molar-refractivity contribution in [3.8, 4) is 0 Å². The lowest BCUT2D eigenvalue weighted by atomic mass is 10.2. The first-order valence-electron chi connectivity index (χ1n) is 6.20. The van der Waals surface area contributed by atoms with Crippen LogP contribution in [0.3, 0.4) is 0 Å². The lowest BCUT2D eigenvalue weighted by molar-refractivity contribution is -0.160. The fourth-order valence-electron chi connectivity index (χ4n) is 1.45. The fourth-order valence-corrected chi connectivity index (χ4v) is 2.22. The summed E-state index contributed by atoms with van der Waals surface area (Å²) < 4.78 is 41.3. The summed E-state index contributed by atoms with van der Waals surface area (Å²) in [4.78, 5) is 11.0. The van der Waals surface area contributed by atoms with Crippen molar-refractivity contribution in [2.45, 2.75) is 31.1 Å². The maximum atomic E-state index is 11.8. The first-order valence-corrected chi connectivity index (χ1v) is 7.18. The second-order valence-electron chi connectivity index (χ2n) is 4.52. The number of amides is 1. The number of carbonyl (C=O) groups is 1. The minimum atomic E-state index is -4.52. The molecule has 1 aromatic rings. The minimum Gasteiger partial charge on any atom is -0.440 e. The molecule has 0 fully saturated rings. The van der Waals surface area contributed by atoms with E-state index in [4.69, 9.17) is 0 Å². The van der Waals surface area contributed by atoms with Crippen LogP contribution >= 0.6 is 11.8 Å². The van der Waals surface area contributed by atoms with Crippen LogP contribution in [0.5, 0.6) is 0 Å². The third-order valence-electron chi connectivity index (χ3n) is 2.35. The van der Waals surface area contributed by atoms with E-state index in [1.165, 1.54) is 11.8 Å². The number of hydrogen-bond donors (Lipinski definition) is 1. The molecule has 1 N–H and O–H groups in total. The van der Waals surface area contributed by atoms with Gasteiger partial charge in [-0.2, -0.15) is 13.2 Å². The van der Waals surface area contributed by atoms with Gasteiger partial charge in [0.25, 0.3) is 0 Å². The zero-order chi connectivity index (χ0) is 16.0. The van der Waals surface area contributed by atoms with Crippen LogP contribution in [0.15, 0.2) is 5.16 Å². The number of nitrogens with one attached hydrogen (secondary N) is 1. The molecule has 21 heavy (non-hydrogen) atoms. The zero-order valence-electron chi connectivity index (χ0n) is 11.9. The average Bonchev–Trinajstić information content (AvgIpc) is 2.73. The zero-order valence-corrected chi connectivity index (χ0v) is 12.7. The Labute approximate surface area is 124 Å². The molecule has 0 aliphatic rings. The van der Waals surface area contributed by atoms with Crippen molar-refractivity contribution in [3.63, 3.8) is 0 Å². The average molecular weight is 326 g/mol. The van der Waals surface area contributed by atoms with Gasteiger partial charge in [0, 0.05) is 25.3 Å². The summed E-state index contributed by atoms with van der Waals surface area (Å²) in [5.74, 6) is 1.54. The van der Waals surface area contributed by atoms with Gasteiger partial charge in [-0.05, 0) is 0 Å².